The Labute approximate surface area is 215 Å². The van der Waals surface area contributed by atoms with Gasteiger partial charge < -0.3 is 26.0 Å². The summed E-state index contributed by atoms with van der Waals surface area (Å²) in [5, 5.41) is 39.7. The van der Waals surface area contributed by atoms with Crippen LogP contribution in [0.4, 0.5) is 11.8 Å². The molecule has 2 aliphatic carbocycles. The first-order chi connectivity index (χ1) is 17.2. The van der Waals surface area contributed by atoms with E-state index in [1.54, 1.807) is 25.2 Å². The van der Waals surface area contributed by atoms with Gasteiger partial charge in [-0.25, -0.2) is 9.97 Å². The Morgan fingerprint density at radius 2 is 1.89 bits per heavy atom. The lowest BCUT2D eigenvalue weighted by Gasteiger charge is -2.28. The molecule has 5 rings (SSSR count). The summed E-state index contributed by atoms with van der Waals surface area (Å²) >= 11 is 1.57. The molecule has 10 heteroatoms. The first kappa shape index (κ1) is 25.3. The molecule has 0 bridgehead atoms. The molecule has 3 aromatic rings. The molecular formula is C26H36N6O3S. The molecule has 2 saturated carbocycles. The number of aromatic nitrogens is 4. The van der Waals surface area contributed by atoms with Crippen LogP contribution in [0.15, 0.2) is 12.3 Å². The average molecular weight is 513 g/mol. The van der Waals surface area contributed by atoms with Crippen LogP contribution in [0.1, 0.15) is 64.3 Å². The van der Waals surface area contributed by atoms with E-state index in [1.807, 2.05) is 19.2 Å². The van der Waals surface area contributed by atoms with Crippen molar-refractivity contribution in [2.24, 2.45) is 5.92 Å². The van der Waals surface area contributed by atoms with Crippen molar-refractivity contribution >= 4 is 33.3 Å². The van der Waals surface area contributed by atoms with E-state index in [4.69, 9.17) is 15.0 Å². The quantitative estimate of drug-likeness (QED) is 0.306. The van der Waals surface area contributed by atoms with Crippen molar-refractivity contribution in [3.8, 4) is 10.6 Å². The van der Waals surface area contributed by atoms with Gasteiger partial charge in [0.25, 0.3) is 0 Å². The zero-order valence-electron chi connectivity index (χ0n) is 21.3. The van der Waals surface area contributed by atoms with Gasteiger partial charge in [0.2, 0.25) is 5.95 Å². The number of rotatable bonds is 8. The summed E-state index contributed by atoms with van der Waals surface area (Å²) in [5.41, 5.74) is 2.33. The summed E-state index contributed by atoms with van der Waals surface area (Å²) < 4.78 is 1.06. The molecular weight excluding hydrogens is 476 g/mol. The van der Waals surface area contributed by atoms with Crippen LogP contribution >= 0.6 is 11.3 Å². The van der Waals surface area contributed by atoms with Gasteiger partial charge in [0.05, 0.1) is 39.4 Å². The maximum absolute atomic E-state index is 10.9. The molecule has 0 aromatic carbocycles. The monoisotopic (exact) mass is 512 g/mol. The Hall–Kier alpha value is -2.40. The Balaban J connectivity index is 1.55. The van der Waals surface area contributed by atoms with E-state index >= 15 is 0 Å². The number of aryl methyl sites for hydroxylation is 2. The first-order valence-corrected chi connectivity index (χ1v) is 13.7. The summed E-state index contributed by atoms with van der Waals surface area (Å²) in [4.78, 5) is 19.1. The normalized spacial score (nSPS) is 24.8. The van der Waals surface area contributed by atoms with Gasteiger partial charge in [0, 0.05) is 18.2 Å². The maximum Gasteiger partial charge on any atom is 0.225 e. The van der Waals surface area contributed by atoms with Crippen LogP contribution in [0.25, 0.3) is 20.8 Å². The van der Waals surface area contributed by atoms with E-state index in [1.165, 1.54) is 6.42 Å². The lowest BCUT2D eigenvalue weighted by atomic mass is 9.88. The molecule has 3 aromatic heterocycles. The number of hydrogen-bond donors (Lipinski definition) is 5. The molecule has 2 fully saturated rings. The van der Waals surface area contributed by atoms with Gasteiger partial charge in [0.15, 0.2) is 0 Å². The smallest absolute Gasteiger partial charge is 0.225 e. The molecule has 5 N–H and O–H groups in total. The molecule has 0 saturated heterocycles. The minimum Gasteiger partial charge on any atom is -0.390 e. The topological polar surface area (TPSA) is 136 Å². The maximum atomic E-state index is 10.9. The molecule has 2 aliphatic rings. The highest BCUT2D eigenvalue weighted by atomic mass is 32.1. The minimum absolute atomic E-state index is 0.367. The third-order valence-corrected chi connectivity index (χ3v) is 8.56. The summed E-state index contributed by atoms with van der Waals surface area (Å²) in [6.07, 6.45) is 5.40. The predicted octanol–water partition coefficient (Wildman–Crippen LogP) is 3.67. The van der Waals surface area contributed by atoms with E-state index in [-0.39, 0.29) is 0 Å². The second-order valence-corrected chi connectivity index (χ2v) is 11.8. The SMILES string of the molecule is CCCc1nccc2sc(-c3c(C)nc(NC4CCC4)nc3N[C@@H]3C[C@H](C(C)(C)O)[C@@H](O)[C@H]3O)nc12. The van der Waals surface area contributed by atoms with Crippen LogP contribution in [-0.2, 0) is 6.42 Å². The van der Waals surface area contributed by atoms with Crippen LogP contribution in [0.2, 0.25) is 0 Å². The average Bonchev–Trinajstić information content (AvgIpc) is 3.33. The second kappa shape index (κ2) is 9.81. The molecule has 0 unspecified atom stereocenters. The van der Waals surface area contributed by atoms with Crippen LogP contribution < -0.4 is 10.6 Å². The van der Waals surface area contributed by atoms with Crippen molar-refractivity contribution in [2.45, 2.75) is 96.1 Å². The molecule has 9 nitrogen and oxygen atoms in total. The van der Waals surface area contributed by atoms with Gasteiger partial charge in [-0.2, -0.15) is 4.98 Å². The lowest BCUT2D eigenvalue weighted by Crippen LogP contribution is -2.40. The Bertz CT molecular complexity index is 1240. The van der Waals surface area contributed by atoms with E-state index in [9.17, 15) is 15.3 Å². The zero-order valence-corrected chi connectivity index (χ0v) is 22.1. The predicted molar refractivity (Wildman–Crippen MR) is 142 cm³/mol. The Morgan fingerprint density at radius 1 is 1.11 bits per heavy atom. The number of aliphatic hydroxyl groups is 3. The van der Waals surface area contributed by atoms with Crippen LogP contribution in [0, 0.1) is 12.8 Å². The molecule has 0 spiro atoms. The fourth-order valence-corrected chi connectivity index (χ4v) is 6.30. The van der Waals surface area contributed by atoms with Crippen molar-refractivity contribution in [3.63, 3.8) is 0 Å². The number of nitrogens with one attached hydrogen (secondary N) is 2. The van der Waals surface area contributed by atoms with Crippen molar-refractivity contribution < 1.29 is 15.3 Å². The molecule has 0 aliphatic heterocycles. The lowest BCUT2D eigenvalue weighted by molar-refractivity contribution is -0.0601. The van der Waals surface area contributed by atoms with Gasteiger partial charge in [-0.05, 0) is 58.9 Å². The van der Waals surface area contributed by atoms with E-state index in [0.29, 0.717) is 24.2 Å². The minimum atomic E-state index is -1.12. The fraction of sp³-hybridized carbons (Fsp3) is 0.615. The number of anilines is 2. The van der Waals surface area contributed by atoms with Crippen molar-refractivity contribution in [1.82, 2.24) is 19.9 Å². The van der Waals surface area contributed by atoms with Gasteiger partial charge >= 0.3 is 0 Å². The Kier molecular flexibility index (Phi) is 6.88. The highest BCUT2D eigenvalue weighted by Gasteiger charge is 2.48. The largest absolute Gasteiger partial charge is 0.390 e. The molecule has 3 heterocycles. The summed E-state index contributed by atoms with van der Waals surface area (Å²) in [6.45, 7) is 7.41. The number of aliphatic hydroxyl groups excluding tert-OH is 2. The second-order valence-electron chi connectivity index (χ2n) is 10.7. The van der Waals surface area contributed by atoms with Crippen LogP contribution in [0.5, 0.6) is 0 Å². The molecule has 0 radical (unpaired) electrons. The number of fused-ring (bicyclic) bond motifs is 1. The van der Waals surface area contributed by atoms with Crippen LogP contribution in [-0.4, -0.2) is 65.1 Å². The van der Waals surface area contributed by atoms with Gasteiger partial charge in [0.1, 0.15) is 22.4 Å². The Morgan fingerprint density at radius 3 is 2.53 bits per heavy atom. The van der Waals surface area contributed by atoms with E-state index in [0.717, 1.165) is 57.9 Å². The van der Waals surface area contributed by atoms with E-state index in [2.05, 4.69) is 22.5 Å². The molecule has 36 heavy (non-hydrogen) atoms. The van der Waals surface area contributed by atoms with Gasteiger partial charge in [-0.15, -0.1) is 11.3 Å². The summed E-state index contributed by atoms with van der Waals surface area (Å²) in [5.74, 6) is 0.653. The highest BCUT2D eigenvalue weighted by molar-refractivity contribution is 7.21. The van der Waals surface area contributed by atoms with Crippen molar-refractivity contribution in [3.05, 3.63) is 23.7 Å². The molecule has 4 atom stereocenters. The third-order valence-electron chi connectivity index (χ3n) is 7.52. The number of nitrogens with zero attached hydrogens (tertiary/aromatic N) is 4. The third kappa shape index (κ3) is 4.79. The highest BCUT2D eigenvalue weighted by Crippen LogP contribution is 2.40. The number of hydrogen-bond acceptors (Lipinski definition) is 10. The molecule has 194 valence electrons. The van der Waals surface area contributed by atoms with E-state index < -0.39 is 29.8 Å². The first-order valence-electron chi connectivity index (χ1n) is 12.9. The summed E-state index contributed by atoms with van der Waals surface area (Å²) in [6, 6.07) is 1.87. The number of thiazole rings is 1. The summed E-state index contributed by atoms with van der Waals surface area (Å²) in [7, 11) is 0. The van der Waals surface area contributed by atoms with Gasteiger partial charge in [-0.3, -0.25) is 4.98 Å². The number of pyridine rings is 1. The standard InChI is InChI=1S/C26H36N6O3S/c1-5-7-16-20-18(10-11-27-16)36-24(31-20)19-13(2)28-25(29-14-8-6-9-14)32-23(19)30-17-12-15(26(3,4)35)21(33)22(17)34/h10-11,14-15,17,21-22,33-35H,5-9,12H2,1-4H3,(H2,28,29,30,32)/t15-,17+,21+,22-/m0/s1. The fourth-order valence-electron chi connectivity index (χ4n) is 5.22. The van der Waals surface area contributed by atoms with Crippen molar-refractivity contribution in [1.29, 1.82) is 0 Å². The zero-order chi connectivity index (χ0) is 25.6. The van der Waals surface area contributed by atoms with Crippen LogP contribution in [0.3, 0.4) is 0 Å². The van der Waals surface area contributed by atoms with Gasteiger partial charge in [-0.1, -0.05) is 13.3 Å². The molecule has 0 amide bonds. The van der Waals surface area contributed by atoms with Crippen molar-refractivity contribution in [2.75, 3.05) is 10.6 Å².